The van der Waals surface area contributed by atoms with Crippen molar-refractivity contribution in [1.82, 2.24) is 4.90 Å². The van der Waals surface area contributed by atoms with Gasteiger partial charge in [0.1, 0.15) is 11.5 Å². The molecule has 132 valence electrons. The topological polar surface area (TPSA) is 38.8 Å². The molecule has 0 atom stereocenters. The summed E-state index contributed by atoms with van der Waals surface area (Å²) in [6.07, 6.45) is -4.04. The molecule has 0 aromatic heterocycles. The van der Waals surface area contributed by atoms with E-state index in [0.29, 0.717) is 12.2 Å². The van der Waals surface area contributed by atoms with E-state index in [1.54, 1.807) is 24.3 Å². The lowest BCUT2D eigenvalue weighted by molar-refractivity contribution is -0.275. The molecule has 4 nitrogen and oxygen atoms in total. The second kappa shape index (κ2) is 6.66. The maximum absolute atomic E-state index is 12.6. The normalized spacial score (nSPS) is 13.1. The lowest BCUT2D eigenvalue weighted by Crippen LogP contribution is -2.27. The molecule has 0 N–H and O–H groups in total. The van der Waals surface area contributed by atoms with E-state index in [1.807, 2.05) is 0 Å². The monoisotopic (exact) mass is 351 g/mol. The third-order valence-electron chi connectivity index (χ3n) is 3.89. The van der Waals surface area contributed by atoms with Gasteiger partial charge in [-0.05, 0) is 29.8 Å². The smallest absolute Gasteiger partial charge is 0.493 e. The molecule has 0 unspecified atom stereocenters. The molecule has 25 heavy (non-hydrogen) atoms. The Balaban J connectivity index is 1.76. The van der Waals surface area contributed by atoms with E-state index in [9.17, 15) is 18.0 Å². The molecule has 3 rings (SSSR count). The number of benzene rings is 2. The predicted molar refractivity (Wildman–Crippen MR) is 84.6 cm³/mol. The highest BCUT2D eigenvalue weighted by atomic mass is 19.4. The lowest BCUT2D eigenvalue weighted by Gasteiger charge is -2.20. The molecule has 2 aromatic rings. The van der Waals surface area contributed by atoms with Gasteiger partial charge in [0.2, 0.25) is 0 Å². The minimum absolute atomic E-state index is 0.00132. The van der Waals surface area contributed by atoms with E-state index in [-0.39, 0.29) is 23.8 Å². The number of halogens is 3. The Morgan fingerprint density at radius 3 is 2.76 bits per heavy atom. The second-order valence-electron chi connectivity index (χ2n) is 5.74. The van der Waals surface area contributed by atoms with Crippen LogP contribution < -0.4 is 9.47 Å². The fourth-order valence-electron chi connectivity index (χ4n) is 2.73. The first-order valence-electron chi connectivity index (χ1n) is 7.68. The minimum atomic E-state index is -4.78. The number of hydrogen-bond acceptors (Lipinski definition) is 3. The van der Waals surface area contributed by atoms with E-state index in [2.05, 4.69) is 4.74 Å². The molecule has 1 aliphatic heterocycles. The van der Waals surface area contributed by atoms with Gasteiger partial charge in [0.25, 0.3) is 5.91 Å². The van der Waals surface area contributed by atoms with Gasteiger partial charge in [0.15, 0.2) is 0 Å². The van der Waals surface area contributed by atoms with Crippen LogP contribution in [0.25, 0.3) is 0 Å². The van der Waals surface area contributed by atoms with E-state index in [1.165, 1.54) is 30.1 Å². The molecule has 1 aliphatic rings. The van der Waals surface area contributed by atoms with Crippen molar-refractivity contribution in [1.29, 1.82) is 0 Å². The van der Waals surface area contributed by atoms with E-state index in [4.69, 9.17) is 4.74 Å². The van der Waals surface area contributed by atoms with Gasteiger partial charge in [-0.3, -0.25) is 4.79 Å². The quantitative estimate of drug-likeness (QED) is 0.841. The molecule has 1 amide bonds. The van der Waals surface area contributed by atoms with Gasteiger partial charge < -0.3 is 14.4 Å². The van der Waals surface area contributed by atoms with Crippen LogP contribution in [0.4, 0.5) is 13.2 Å². The number of carbonyl (C=O) groups is 1. The number of rotatable bonds is 4. The Labute approximate surface area is 142 Å². The van der Waals surface area contributed by atoms with E-state index < -0.39 is 6.36 Å². The van der Waals surface area contributed by atoms with Crippen molar-refractivity contribution >= 4 is 5.91 Å². The molecule has 0 fully saturated rings. The van der Waals surface area contributed by atoms with Crippen LogP contribution in [0, 0.1) is 0 Å². The molecule has 0 aliphatic carbocycles. The third kappa shape index (κ3) is 4.04. The molecule has 2 aromatic carbocycles. The Morgan fingerprint density at radius 1 is 1.24 bits per heavy atom. The summed E-state index contributed by atoms with van der Waals surface area (Å²) >= 11 is 0. The van der Waals surface area contributed by atoms with E-state index >= 15 is 0 Å². The van der Waals surface area contributed by atoms with E-state index in [0.717, 1.165) is 17.7 Å². The zero-order valence-electron chi connectivity index (χ0n) is 13.5. The van der Waals surface area contributed by atoms with Crippen LogP contribution in [-0.4, -0.2) is 30.8 Å². The summed E-state index contributed by atoms with van der Waals surface area (Å²) in [4.78, 5) is 13.9. The van der Waals surface area contributed by atoms with Crippen molar-refractivity contribution in [3.05, 3.63) is 59.2 Å². The van der Waals surface area contributed by atoms with Crippen LogP contribution in [0.3, 0.4) is 0 Å². The first kappa shape index (κ1) is 17.1. The molecular formula is C18H16F3NO3. The first-order chi connectivity index (χ1) is 11.8. The summed E-state index contributed by atoms with van der Waals surface area (Å²) in [5.74, 6) is 0.177. The molecule has 0 radical (unpaired) electrons. The van der Waals surface area contributed by atoms with Crippen molar-refractivity contribution in [2.24, 2.45) is 0 Å². The summed E-state index contributed by atoms with van der Waals surface area (Å²) in [5, 5.41) is 0. The minimum Gasteiger partial charge on any atom is -0.493 e. The van der Waals surface area contributed by atoms with Crippen LogP contribution in [0.2, 0.25) is 0 Å². The van der Waals surface area contributed by atoms with Crippen molar-refractivity contribution in [2.45, 2.75) is 19.3 Å². The number of fused-ring (bicyclic) bond motifs is 1. The zero-order chi connectivity index (χ0) is 18.0. The Hall–Kier alpha value is -2.70. The number of nitrogens with zero attached hydrogens (tertiary/aromatic N) is 1. The van der Waals surface area contributed by atoms with Crippen LogP contribution in [0.15, 0.2) is 42.5 Å². The highest BCUT2D eigenvalue weighted by Gasteiger charge is 2.32. The average molecular weight is 351 g/mol. The molecule has 1 heterocycles. The molecule has 0 saturated heterocycles. The van der Waals surface area contributed by atoms with Gasteiger partial charge in [-0.25, -0.2) is 0 Å². The van der Waals surface area contributed by atoms with Crippen LogP contribution in [-0.2, 0) is 13.0 Å². The number of alkyl halides is 3. The van der Waals surface area contributed by atoms with Gasteiger partial charge in [0, 0.05) is 31.1 Å². The Kier molecular flexibility index (Phi) is 4.57. The maximum atomic E-state index is 12.6. The van der Waals surface area contributed by atoms with Crippen molar-refractivity contribution in [2.75, 3.05) is 13.7 Å². The molecular weight excluding hydrogens is 335 g/mol. The largest absolute Gasteiger partial charge is 0.573 e. The first-order valence-corrected chi connectivity index (χ1v) is 7.68. The summed E-state index contributed by atoms with van der Waals surface area (Å²) in [7, 11) is 1.54. The SMILES string of the molecule is CN(Cc1ccccc1OC(F)(F)F)C(=O)c1ccc2c(c1)CCO2. The summed E-state index contributed by atoms with van der Waals surface area (Å²) in [6.45, 7) is 0.587. The molecule has 0 bridgehead atoms. The van der Waals surface area contributed by atoms with Gasteiger partial charge in [0.05, 0.1) is 6.61 Å². The fourth-order valence-corrected chi connectivity index (χ4v) is 2.73. The lowest BCUT2D eigenvalue weighted by atomic mass is 10.1. The second-order valence-corrected chi connectivity index (χ2v) is 5.74. The number of amides is 1. The van der Waals surface area contributed by atoms with Crippen LogP contribution in [0.5, 0.6) is 11.5 Å². The Morgan fingerprint density at radius 2 is 2.00 bits per heavy atom. The van der Waals surface area contributed by atoms with Crippen LogP contribution in [0.1, 0.15) is 21.5 Å². The third-order valence-corrected chi connectivity index (χ3v) is 3.89. The van der Waals surface area contributed by atoms with Gasteiger partial charge >= 0.3 is 6.36 Å². The zero-order valence-corrected chi connectivity index (χ0v) is 13.5. The average Bonchev–Trinajstić information content (AvgIpc) is 3.02. The van der Waals surface area contributed by atoms with Crippen molar-refractivity contribution < 1.29 is 27.4 Å². The van der Waals surface area contributed by atoms with Gasteiger partial charge in [-0.15, -0.1) is 13.2 Å². The molecule has 0 spiro atoms. The summed E-state index contributed by atoms with van der Waals surface area (Å²) in [6, 6.07) is 10.9. The predicted octanol–water partition coefficient (Wildman–Crippen LogP) is 3.79. The van der Waals surface area contributed by atoms with Crippen LogP contribution >= 0.6 is 0 Å². The standard InChI is InChI=1S/C18H16F3NO3/c1-22(11-14-4-2-3-5-16(14)25-18(19,20)21)17(23)13-6-7-15-12(10-13)8-9-24-15/h2-7,10H,8-9,11H2,1H3. The van der Waals surface area contributed by atoms with Gasteiger partial charge in [-0.2, -0.15) is 0 Å². The fraction of sp³-hybridized carbons (Fsp3) is 0.278. The number of carbonyl (C=O) groups excluding carboxylic acids is 1. The number of para-hydroxylation sites is 1. The summed E-state index contributed by atoms with van der Waals surface area (Å²) in [5.41, 5.74) is 1.71. The Bertz CT molecular complexity index is 789. The highest BCUT2D eigenvalue weighted by Crippen LogP contribution is 2.28. The molecule has 7 heteroatoms. The number of hydrogen-bond donors (Lipinski definition) is 0. The highest BCUT2D eigenvalue weighted by molar-refractivity contribution is 5.94. The number of ether oxygens (including phenoxy) is 2. The summed E-state index contributed by atoms with van der Waals surface area (Å²) < 4.78 is 46.9. The maximum Gasteiger partial charge on any atom is 0.573 e. The van der Waals surface area contributed by atoms with Crippen molar-refractivity contribution in [3.63, 3.8) is 0 Å². The van der Waals surface area contributed by atoms with Crippen molar-refractivity contribution in [3.8, 4) is 11.5 Å². The molecule has 0 saturated carbocycles. The van der Waals surface area contributed by atoms with Gasteiger partial charge in [-0.1, -0.05) is 18.2 Å².